The van der Waals surface area contributed by atoms with E-state index in [1.807, 2.05) is 0 Å². The van der Waals surface area contributed by atoms with E-state index in [-0.39, 0.29) is 0 Å². The van der Waals surface area contributed by atoms with Gasteiger partial charge in [0.15, 0.2) is 0 Å². The van der Waals surface area contributed by atoms with Gasteiger partial charge in [0.25, 0.3) is 0 Å². The summed E-state index contributed by atoms with van der Waals surface area (Å²) in [6.45, 7) is 9.21. The molecule has 0 amide bonds. The topological polar surface area (TPSA) is 0 Å². The minimum Gasteiger partial charge on any atom is -0.0853 e. The van der Waals surface area contributed by atoms with E-state index in [2.05, 4.69) is 33.8 Å². The van der Waals surface area contributed by atoms with Crippen LogP contribution in [0.1, 0.15) is 53.4 Å². The number of allylic oxidation sites excluding steroid dienone is 2. The third kappa shape index (κ3) is 1.26. The zero-order valence-corrected chi connectivity index (χ0v) is 9.48. The summed E-state index contributed by atoms with van der Waals surface area (Å²) in [7, 11) is 0. The van der Waals surface area contributed by atoms with Gasteiger partial charge in [-0.3, -0.25) is 0 Å². The highest BCUT2D eigenvalue weighted by atomic mass is 14.7. The van der Waals surface area contributed by atoms with Gasteiger partial charge in [0.2, 0.25) is 0 Å². The fourth-order valence-corrected chi connectivity index (χ4v) is 3.33. The van der Waals surface area contributed by atoms with E-state index in [4.69, 9.17) is 0 Å². The Balaban J connectivity index is 1.87. The SMILES string of the molecule is CC(C)=CCC12CC(C(C)C)(C1)C2. The Hall–Kier alpha value is -0.260. The number of hydrogen-bond acceptors (Lipinski definition) is 0. The maximum Gasteiger partial charge on any atom is -0.0247 e. The van der Waals surface area contributed by atoms with Crippen LogP contribution in [0.3, 0.4) is 0 Å². The zero-order valence-electron chi connectivity index (χ0n) is 9.48. The van der Waals surface area contributed by atoms with Gasteiger partial charge in [0.05, 0.1) is 0 Å². The Morgan fingerprint density at radius 3 is 2.15 bits per heavy atom. The molecule has 0 aliphatic heterocycles. The minimum atomic E-state index is 0.765. The summed E-state index contributed by atoms with van der Waals surface area (Å²) < 4.78 is 0. The van der Waals surface area contributed by atoms with Gasteiger partial charge in [-0.25, -0.2) is 0 Å². The van der Waals surface area contributed by atoms with Crippen molar-refractivity contribution < 1.29 is 0 Å². The van der Waals surface area contributed by atoms with Crippen LogP contribution in [0.4, 0.5) is 0 Å². The lowest BCUT2D eigenvalue weighted by Crippen LogP contribution is -2.63. The maximum absolute atomic E-state index is 2.43. The van der Waals surface area contributed by atoms with Crippen LogP contribution in [0, 0.1) is 16.7 Å². The highest BCUT2D eigenvalue weighted by molar-refractivity contribution is 5.20. The van der Waals surface area contributed by atoms with E-state index >= 15 is 0 Å². The first kappa shape index (κ1) is 9.30. The maximum atomic E-state index is 2.43. The molecule has 0 saturated heterocycles. The van der Waals surface area contributed by atoms with Gasteiger partial charge in [0.1, 0.15) is 0 Å². The molecule has 0 heteroatoms. The zero-order chi connectivity index (χ0) is 9.69. The average Bonchev–Trinajstić information content (AvgIpc) is 1.79. The van der Waals surface area contributed by atoms with E-state index < -0.39 is 0 Å². The second-order valence-corrected chi connectivity index (χ2v) is 6.03. The second-order valence-electron chi connectivity index (χ2n) is 6.03. The molecule has 3 rings (SSSR count). The van der Waals surface area contributed by atoms with Crippen molar-refractivity contribution in [2.24, 2.45) is 16.7 Å². The quantitative estimate of drug-likeness (QED) is 0.569. The van der Waals surface area contributed by atoms with Crippen LogP contribution < -0.4 is 0 Å². The molecule has 0 aromatic carbocycles. The smallest absolute Gasteiger partial charge is 0.0247 e. The Kier molecular flexibility index (Phi) is 1.87. The first-order chi connectivity index (χ1) is 5.98. The molecule has 0 aromatic heterocycles. The molecule has 0 unspecified atom stereocenters. The van der Waals surface area contributed by atoms with Crippen molar-refractivity contribution in [3.8, 4) is 0 Å². The summed E-state index contributed by atoms with van der Waals surface area (Å²) in [5.74, 6) is 0.918. The molecule has 0 heterocycles. The van der Waals surface area contributed by atoms with Crippen molar-refractivity contribution in [2.45, 2.75) is 53.4 Å². The predicted octanol–water partition coefficient (Wildman–Crippen LogP) is 4.17. The summed E-state index contributed by atoms with van der Waals surface area (Å²) in [5.41, 5.74) is 3.04. The Bertz CT molecular complexity index is 221. The first-order valence-corrected chi connectivity index (χ1v) is 5.62. The van der Waals surface area contributed by atoms with Gasteiger partial charge in [-0.2, -0.15) is 0 Å². The van der Waals surface area contributed by atoms with Crippen molar-refractivity contribution in [1.29, 1.82) is 0 Å². The molecule has 74 valence electrons. The summed E-state index contributed by atoms with van der Waals surface area (Å²) in [6.07, 6.45) is 8.33. The normalized spacial score (nSPS) is 41.0. The molecule has 0 atom stereocenters. The van der Waals surface area contributed by atoms with Crippen LogP contribution >= 0.6 is 0 Å². The molecule has 0 aromatic rings. The number of hydrogen-bond donors (Lipinski definition) is 0. The standard InChI is InChI=1S/C13H22/c1-10(2)5-6-12-7-13(8-12,9-12)11(3)4/h5,11H,6-9H2,1-4H3. The van der Waals surface area contributed by atoms with Crippen molar-refractivity contribution in [2.75, 3.05) is 0 Å². The van der Waals surface area contributed by atoms with E-state index in [9.17, 15) is 0 Å². The largest absolute Gasteiger partial charge is 0.0853 e. The Labute approximate surface area is 82.4 Å². The van der Waals surface area contributed by atoms with E-state index in [0.29, 0.717) is 0 Å². The predicted molar refractivity (Wildman–Crippen MR) is 57.6 cm³/mol. The molecular weight excluding hydrogens is 156 g/mol. The first-order valence-electron chi connectivity index (χ1n) is 5.62. The molecule has 13 heavy (non-hydrogen) atoms. The summed E-state index contributed by atoms with van der Waals surface area (Å²) >= 11 is 0. The van der Waals surface area contributed by atoms with Gasteiger partial charge in [-0.1, -0.05) is 25.5 Å². The third-order valence-electron chi connectivity index (χ3n) is 4.35. The van der Waals surface area contributed by atoms with Crippen LogP contribution in [0.2, 0.25) is 0 Å². The van der Waals surface area contributed by atoms with Crippen molar-refractivity contribution in [3.63, 3.8) is 0 Å². The Morgan fingerprint density at radius 2 is 1.77 bits per heavy atom. The third-order valence-corrected chi connectivity index (χ3v) is 4.35. The molecular formula is C13H22. The lowest BCUT2D eigenvalue weighted by molar-refractivity contribution is -0.227. The van der Waals surface area contributed by atoms with Gasteiger partial charge < -0.3 is 0 Å². The van der Waals surface area contributed by atoms with Gasteiger partial charge in [-0.05, 0) is 56.3 Å². The second kappa shape index (κ2) is 2.62. The molecule has 0 radical (unpaired) electrons. The van der Waals surface area contributed by atoms with E-state index in [1.165, 1.54) is 31.3 Å². The van der Waals surface area contributed by atoms with E-state index in [1.54, 1.807) is 0 Å². The van der Waals surface area contributed by atoms with Gasteiger partial charge in [-0.15, -0.1) is 0 Å². The fraction of sp³-hybridized carbons (Fsp3) is 0.846. The summed E-state index contributed by atoms with van der Waals surface area (Å²) in [4.78, 5) is 0. The lowest BCUT2D eigenvalue weighted by atomic mass is 9.31. The molecule has 2 bridgehead atoms. The Morgan fingerprint density at radius 1 is 1.23 bits per heavy atom. The monoisotopic (exact) mass is 178 g/mol. The fourth-order valence-electron chi connectivity index (χ4n) is 3.33. The lowest BCUT2D eigenvalue weighted by Gasteiger charge is -2.73. The van der Waals surface area contributed by atoms with Crippen molar-refractivity contribution >= 4 is 0 Å². The van der Waals surface area contributed by atoms with Crippen LogP contribution in [0.25, 0.3) is 0 Å². The summed E-state index contributed by atoms with van der Waals surface area (Å²) in [6, 6.07) is 0. The molecule has 3 saturated carbocycles. The van der Waals surface area contributed by atoms with Crippen molar-refractivity contribution in [3.05, 3.63) is 11.6 Å². The van der Waals surface area contributed by atoms with Crippen LogP contribution in [-0.2, 0) is 0 Å². The average molecular weight is 178 g/mol. The van der Waals surface area contributed by atoms with E-state index in [0.717, 1.165) is 16.7 Å². The molecule has 0 nitrogen and oxygen atoms in total. The molecule has 0 N–H and O–H groups in total. The van der Waals surface area contributed by atoms with Gasteiger partial charge in [0, 0.05) is 0 Å². The molecule has 3 fully saturated rings. The van der Waals surface area contributed by atoms with Crippen molar-refractivity contribution in [1.82, 2.24) is 0 Å². The molecule has 3 aliphatic rings. The van der Waals surface area contributed by atoms with Crippen LogP contribution in [0.5, 0.6) is 0 Å². The minimum absolute atomic E-state index is 0.765. The summed E-state index contributed by atoms with van der Waals surface area (Å²) in [5, 5.41) is 0. The van der Waals surface area contributed by atoms with Crippen LogP contribution in [0.15, 0.2) is 11.6 Å². The highest BCUT2D eigenvalue weighted by Crippen LogP contribution is 2.77. The highest BCUT2D eigenvalue weighted by Gasteiger charge is 2.67. The van der Waals surface area contributed by atoms with Gasteiger partial charge >= 0.3 is 0 Å². The number of rotatable bonds is 3. The molecule has 0 spiro atoms. The molecule has 3 aliphatic carbocycles. The van der Waals surface area contributed by atoms with Crippen LogP contribution in [-0.4, -0.2) is 0 Å².